The molecule has 1 aromatic rings. The molecule has 0 spiro atoms. The van der Waals surface area contributed by atoms with Crippen molar-refractivity contribution in [2.45, 2.75) is 77.3 Å². The van der Waals surface area contributed by atoms with Gasteiger partial charge >= 0.3 is 0 Å². The Hall–Kier alpha value is -0.860. The largest absolute Gasteiger partial charge is 0.356 e. The lowest BCUT2D eigenvalue weighted by Crippen LogP contribution is -2.38. The van der Waals surface area contributed by atoms with Gasteiger partial charge < -0.3 is 15.2 Å². The van der Waals surface area contributed by atoms with Gasteiger partial charge in [-0.2, -0.15) is 0 Å². The Morgan fingerprint density at radius 3 is 2.76 bits per heavy atom. The lowest BCUT2D eigenvalue weighted by Gasteiger charge is -2.16. The maximum Gasteiger partial charge on any atom is 0.191 e. The molecule has 3 rings (SSSR count). The smallest absolute Gasteiger partial charge is 0.191 e. The number of halogens is 1. The molecular formula is C18H33IN6. The van der Waals surface area contributed by atoms with Crippen molar-refractivity contribution in [3.05, 3.63) is 11.6 Å². The van der Waals surface area contributed by atoms with E-state index in [1.807, 2.05) is 7.05 Å². The van der Waals surface area contributed by atoms with Crippen LogP contribution in [0.3, 0.4) is 0 Å². The number of nitrogens with one attached hydrogen (secondary N) is 2. The van der Waals surface area contributed by atoms with Gasteiger partial charge in [0.05, 0.1) is 6.54 Å². The summed E-state index contributed by atoms with van der Waals surface area (Å²) in [6, 6.07) is 0. The first-order valence-electron chi connectivity index (χ1n) is 9.72. The minimum Gasteiger partial charge on any atom is -0.356 e. The van der Waals surface area contributed by atoms with Crippen LogP contribution >= 0.6 is 24.0 Å². The van der Waals surface area contributed by atoms with Gasteiger partial charge in [-0.05, 0) is 25.2 Å². The minimum absolute atomic E-state index is 0. The molecule has 25 heavy (non-hydrogen) atoms. The molecule has 0 saturated heterocycles. The van der Waals surface area contributed by atoms with Gasteiger partial charge in [0.2, 0.25) is 0 Å². The topological polar surface area (TPSA) is 67.1 Å². The van der Waals surface area contributed by atoms with E-state index in [1.54, 1.807) is 0 Å². The number of hydrogen-bond donors (Lipinski definition) is 2. The number of fused-ring (bicyclic) bond motifs is 1. The van der Waals surface area contributed by atoms with Crippen molar-refractivity contribution < 1.29 is 0 Å². The van der Waals surface area contributed by atoms with E-state index in [9.17, 15) is 0 Å². The number of aryl methyl sites for hydroxylation is 1. The number of nitrogens with zero attached hydrogens (tertiary/aromatic N) is 4. The zero-order chi connectivity index (χ0) is 16.6. The molecule has 1 fully saturated rings. The molecule has 1 aliphatic carbocycles. The highest BCUT2D eigenvalue weighted by Crippen LogP contribution is 2.28. The van der Waals surface area contributed by atoms with Crippen LogP contribution in [0.5, 0.6) is 0 Å². The number of hydrogen-bond acceptors (Lipinski definition) is 3. The molecular weight excluding hydrogens is 427 g/mol. The molecule has 2 aliphatic rings. The van der Waals surface area contributed by atoms with Gasteiger partial charge in [0.1, 0.15) is 5.82 Å². The Balaban J connectivity index is 0.00000225. The normalized spacial score (nSPS) is 17.9. The summed E-state index contributed by atoms with van der Waals surface area (Å²) < 4.78 is 2.26. The predicted molar refractivity (Wildman–Crippen MR) is 112 cm³/mol. The molecule has 2 heterocycles. The van der Waals surface area contributed by atoms with Crippen molar-refractivity contribution in [1.29, 1.82) is 0 Å². The first kappa shape index (κ1) is 20.5. The summed E-state index contributed by atoms with van der Waals surface area (Å²) in [6.07, 6.45) is 13.3. The quantitative estimate of drug-likeness (QED) is 0.284. The van der Waals surface area contributed by atoms with Gasteiger partial charge in [0.15, 0.2) is 11.8 Å². The van der Waals surface area contributed by atoms with Crippen LogP contribution in [-0.2, 0) is 19.5 Å². The maximum absolute atomic E-state index is 4.33. The van der Waals surface area contributed by atoms with Crippen LogP contribution in [0.2, 0.25) is 0 Å². The highest BCUT2D eigenvalue weighted by molar-refractivity contribution is 14.0. The molecule has 0 bridgehead atoms. The predicted octanol–water partition coefficient (Wildman–Crippen LogP) is 3.26. The molecule has 0 unspecified atom stereocenters. The molecule has 1 aliphatic heterocycles. The number of aromatic nitrogens is 3. The average molecular weight is 460 g/mol. The van der Waals surface area contributed by atoms with Crippen LogP contribution in [0.4, 0.5) is 0 Å². The zero-order valence-electron chi connectivity index (χ0n) is 15.5. The third-order valence-corrected chi connectivity index (χ3v) is 5.38. The molecule has 0 atom stereocenters. The average Bonchev–Trinajstić information content (AvgIpc) is 3.27. The van der Waals surface area contributed by atoms with Crippen LogP contribution < -0.4 is 10.6 Å². The first-order chi connectivity index (χ1) is 11.9. The third-order valence-electron chi connectivity index (χ3n) is 5.38. The van der Waals surface area contributed by atoms with E-state index in [0.717, 1.165) is 43.0 Å². The monoisotopic (exact) mass is 460 g/mol. The summed E-state index contributed by atoms with van der Waals surface area (Å²) in [7, 11) is 1.83. The van der Waals surface area contributed by atoms with Crippen molar-refractivity contribution >= 4 is 29.9 Å². The number of aliphatic imine (C=N–C) groups is 1. The van der Waals surface area contributed by atoms with E-state index in [1.165, 1.54) is 57.8 Å². The fourth-order valence-corrected chi connectivity index (χ4v) is 3.95. The van der Waals surface area contributed by atoms with Crippen molar-refractivity contribution in [3.8, 4) is 0 Å². The molecule has 6 nitrogen and oxygen atoms in total. The molecule has 1 saturated carbocycles. The fourth-order valence-electron chi connectivity index (χ4n) is 3.95. The highest BCUT2D eigenvalue weighted by Gasteiger charge is 2.16. The Kier molecular flexibility index (Phi) is 8.98. The molecule has 7 heteroatoms. The number of guanidine groups is 1. The van der Waals surface area contributed by atoms with Crippen LogP contribution in [0, 0.1) is 5.92 Å². The molecule has 0 aromatic carbocycles. The zero-order valence-corrected chi connectivity index (χ0v) is 17.8. The molecule has 142 valence electrons. The lowest BCUT2D eigenvalue weighted by molar-refractivity contribution is 0.472. The first-order valence-corrected chi connectivity index (χ1v) is 9.72. The Labute approximate surface area is 168 Å². The Morgan fingerprint density at radius 2 is 1.96 bits per heavy atom. The summed E-state index contributed by atoms with van der Waals surface area (Å²) >= 11 is 0. The highest BCUT2D eigenvalue weighted by atomic mass is 127. The van der Waals surface area contributed by atoms with Crippen LogP contribution in [0.1, 0.15) is 69.4 Å². The molecule has 0 amide bonds. The second-order valence-electron chi connectivity index (χ2n) is 7.14. The van der Waals surface area contributed by atoms with E-state index < -0.39 is 0 Å². The van der Waals surface area contributed by atoms with Gasteiger partial charge in [-0.25, -0.2) is 0 Å². The summed E-state index contributed by atoms with van der Waals surface area (Å²) in [5.74, 6) is 4.02. The van der Waals surface area contributed by atoms with Crippen LogP contribution in [-0.4, -0.2) is 34.3 Å². The summed E-state index contributed by atoms with van der Waals surface area (Å²) in [6.45, 7) is 2.73. The number of unbranched alkanes of at least 4 members (excludes halogenated alkanes) is 1. The Bertz CT molecular complexity index is 536. The van der Waals surface area contributed by atoms with E-state index in [2.05, 4.69) is 30.4 Å². The lowest BCUT2D eigenvalue weighted by atomic mass is 10.0. The van der Waals surface area contributed by atoms with E-state index in [0.29, 0.717) is 6.54 Å². The second-order valence-corrected chi connectivity index (χ2v) is 7.14. The minimum atomic E-state index is 0. The van der Waals surface area contributed by atoms with Crippen LogP contribution in [0.15, 0.2) is 4.99 Å². The van der Waals surface area contributed by atoms with Gasteiger partial charge in [0, 0.05) is 26.6 Å². The molecule has 0 radical (unpaired) electrons. The van der Waals surface area contributed by atoms with Gasteiger partial charge in [-0.1, -0.05) is 38.5 Å². The SMILES string of the molecule is CN=C(NCCCCC1CCCC1)NCc1nnc2n1CCCC2.I. The van der Waals surface area contributed by atoms with Gasteiger partial charge in [-0.15, -0.1) is 34.2 Å². The summed E-state index contributed by atoms with van der Waals surface area (Å²) in [5.41, 5.74) is 0. The second kappa shape index (κ2) is 11.0. The van der Waals surface area contributed by atoms with E-state index in [-0.39, 0.29) is 24.0 Å². The summed E-state index contributed by atoms with van der Waals surface area (Å²) in [5, 5.41) is 15.4. The molecule has 2 N–H and O–H groups in total. The fraction of sp³-hybridized carbons (Fsp3) is 0.833. The number of rotatable bonds is 7. The van der Waals surface area contributed by atoms with Crippen LogP contribution in [0.25, 0.3) is 0 Å². The van der Waals surface area contributed by atoms with Crippen molar-refractivity contribution in [3.63, 3.8) is 0 Å². The van der Waals surface area contributed by atoms with E-state index in [4.69, 9.17) is 0 Å². The van der Waals surface area contributed by atoms with Crippen molar-refractivity contribution in [2.75, 3.05) is 13.6 Å². The van der Waals surface area contributed by atoms with Crippen molar-refractivity contribution in [2.24, 2.45) is 10.9 Å². The van der Waals surface area contributed by atoms with E-state index >= 15 is 0 Å². The maximum atomic E-state index is 4.33. The Morgan fingerprint density at radius 1 is 1.12 bits per heavy atom. The van der Waals surface area contributed by atoms with Crippen molar-refractivity contribution in [1.82, 2.24) is 25.4 Å². The third kappa shape index (κ3) is 6.11. The van der Waals surface area contributed by atoms with Gasteiger partial charge in [-0.3, -0.25) is 4.99 Å². The molecule has 1 aromatic heterocycles. The van der Waals surface area contributed by atoms with Gasteiger partial charge in [0.25, 0.3) is 0 Å². The standard InChI is InChI=1S/C18H32N6.HI/c1-19-18(20-12-6-4-10-15-8-2-3-9-15)21-14-17-23-22-16-11-5-7-13-24(16)17;/h15H,2-14H2,1H3,(H2,19,20,21);1H. The summed E-state index contributed by atoms with van der Waals surface area (Å²) in [4.78, 5) is 4.31.